The zero-order chi connectivity index (χ0) is 18.1. The summed E-state index contributed by atoms with van der Waals surface area (Å²) in [6, 6.07) is 0. The maximum atomic E-state index is 12.5. The number of imidazole rings is 1. The van der Waals surface area contributed by atoms with Crippen LogP contribution in [-0.2, 0) is 20.8 Å². The zero-order valence-electron chi connectivity index (χ0n) is 14.5. The maximum Gasteiger partial charge on any atom is 0.312 e. The van der Waals surface area contributed by atoms with E-state index in [4.69, 9.17) is 0 Å². The van der Waals surface area contributed by atoms with Crippen LogP contribution >= 0.6 is 11.3 Å². The Balaban J connectivity index is 1.29. The minimum atomic E-state index is -0.437. The topological polar surface area (TPSA) is 78.2 Å². The lowest BCUT2D eigenvalue weighted by Gasteiger charge is -2.35. The fraction of sp³-hybridized carbons (Fsp3) is 0.529. The smallest absolute Gasteiger partial charge is 0.312 e. The van der Waals surface area contributed by atoms with Crippen LogP contribution in [0.4, 0.5) is 0 Å². The lowest BCUT2D eigenvalue weighted by molar-refractivity contribution is -0.153. The van der Waals surface area contributed by atoms with Crippen molar-refractivity contribution in [1.29, 1.82) is 0 Å². The summed E-state index contributed by atoms with van der Waals surface area (Å²) in [7, 11) is 0. The molecule has 2 aliphatic heterocycles. The van der Waals surface area contributed by atoms with Crippen molar-refractivity contribution in [1.82, 2.24) is 24.1 Å². The van der Waals surface area contributed by atoms with Crippen LogP contribution in [-0.4, -0.2) is 81.1 Å². The molecule has 2 saturated heterocycles. The molecular weight excluding hydrogens is 354 g/mol. The fourth-order valence-electron chi connectivity index (χ4n) is 3.48. The number of thiazole rings is 1. The van der Waals surface area contributed by atoms with Crippen molar-refractivity contribution in [3.8, 4) is 0 Å². The summed E-state index contributed by atoms with van der Waals surface area (Å²) in [5.41, 5.74) is 0.754. The Hall–Kier alpha value is -2.42. The number of hydrogen-bond donors (Lipinski definition) is 0. The predicted octanol–water partition coefficient (Wildman–Crippen LogP) is 0.231. The van der Waals surface area contributed by atoms with Gasteiger partial charge in [-0.05, 0) is 12.8 Å². The van der Waals surface area contributed by atoms with Crippen LogP contribution < -0.4 is 0 Å². The van der Waals surface area contributed by atoms with Crippen molar-refractivity contribution in [2.24, 2.45) is 0 Å². The first-order valence-corrected chi connectivity index (χ1v) is 9.77. The standard InChI is InChI=1S/C17H21N5O3S/c23-14(11-13-12-22-9-10-26-17(22)18-13)19-5-7-21(8-6-19)16(25)15(24)20-3-1-2-4-20/h9-10,12H,1-8,11H2. The van der Waals surface area contributed by atoms with Crippen LogP contribution in [0.25, 0.3) is 4.96 Å². The molecule has 0 spiro atoms. The molecule has 0 aromatic carbocycles. The lowest BCUT2D eigenvalue weighted by Crippen LogP contribution is -2.54. The molecule has 2 fully saturated rings. The Kier molecular flexibility index (Phi) is 4.62. The van der Waals surface area contributed by atoms with E-state index in [1.165, 1.54) is 11.3 Å². The quantitative estimate of drug-likeness (QED) is 0.704. The van der Waals surface area contributed by atoms with Crippen LogP contribution in [0.5, 0.6) is 0 Å². The molecule has 4 heterocycles. The SMILES string of the molecule is O=C(Cc1cn2ccsc2n1)N1CCN(C(=O)C(=O)N2CCCC2)CC1. The fourth-order valence-corrected chi connectivity index (χ4v) is 4.20. The van der Waals surface area contributed by atoms with Crippen molar-refractivity contribution in [2.75, 3.05) is 39.3 Å². The second kappa shape index (κ2) is 7.06. The molecule has 9 heteroatoms. The maximum absolute atomic E-state index is 12.5. The third-order valence-corrected chi connectivity index (χ3v) is 5.74. The number of likely N-dealkylation sites (tertiary alicyclic amines) is 1. The molecule has 0 radical (unpaired) electrons. The summed E-state index contributed by atoms with van der Waals surface area (Å²) in [4.78, 5) is 47.3. The molecule has 0 atom stereocenters. The molecule has 0 unspecified atom stereocenters. The highest BCUT2D eigenvalue weighted by atomic mass is 32.1. The summed E-state index contributed by atoms with van der Waals surface area (Å²) in [6.45, 7) is 3.07. The Morgan fingerprint density at radius 1 is 0.923 bits per heavy atom. The van der Waals surface area contributed by atoms with Crippen molar-refractivity contribution in [3.05, 3.63) is 23.5 Å². The summed E-state index contributed by atoms with van der Waals surface area (Å²) >= 11 is 1.53. The molecule has 3 amide bonds. The molecule has 26 heavy (non-hydrogen) atoms. The van der Waals surface area contributed by atoms with E-state index in [0.717, 1.165) is 23.5 Å². The van der Waals surface area contributed by atoms with Gasteiger partial charge in [-0.3, -0.25) is 18.8 Å². The van der Waals surface area contributed by atoms with Crippen molar-refractivity contribution >= 4 is 34.0 Å². The van der Waals surface area contributed by atoms with Gasteiger partial charge in [0.15, 0.2) is 4.96 Å². The summed E-state index contributed by atoms with van der Waals surface area (Å²) in [6.07, 6.45) is 5.98. The predicted molar refractivity (Wildman–Crippen MR) is 95.7 cm³/mol. The van der Waals surface area contributed by atoms with Crippen LogP contribution in [0.1, 0.15) is 18.5 Å². The first-order valence-electron chi connectivity index (χ1n) is 8.89. The second-order valence-corrected chi connectivity index (χ2v) is 7.55. The average Bonchev–Trinajstić information content (AvgIpc) is 3.38. The molecule has 138 valence electrons. The van der Waals surface area contributed by atoms with Gasteiger partial charge < -0.3 is 14.7 Å². The number of carbonyl (C=O) groups is 3. The Morgan fingerprint density at radius 3 is 2.19 bits per heavy atom. The van der Waals surface area contributed by atoms with Gasteiger partial charge in [-0.25, -0.2) is 4.98 Å². The number of hydrogen-bond acceptors (Lipinski definition) is 5. The molecule has 2 aliphatic rings. The highest BCUT2D eigenvalue weighted by Crippen LogP contribution is 2.14. The first kappa shape index (κ1) is 17.0. The number of aromatic nitrogens is 2. The lowest BCUT2D eigenvalue weighted by atomic mass is 10.2. The molecule has 2 aromatic heterocycles. The molecule has 4 rings (SSSR count). The van der Waals surface area contributed by atoms with Crippen LogP contribution in [0.2, 0.25) is 0 Å². The van der Waals surface area contributed by atoms with Gasteiger partial charge >= 0.3 is 11.8 Å². The number of piperazine rings is 1. The Labute approximate surface area is 155 Å². The highest BCUT2D eigenvalue weighted by Gasteiger charge is 2.31. The summed E-state index contributed by atoms with van der Waals surface area (Å²) < 4.78 is 1.91. The van der Waals surface area contributed by atoms with Crippen molar-refractivity contribution in [2.45, 2.75) is 19.3 Å². The largest absolute Gasteiger partial charge is 0.339 e. The number of rotatable bonds is 2. The monoisotopic (exact) mass is 375 g/mol. The van der Waals surface area contributed by atoms with Gasteiger partial charge in [0.1, 0.15) is 0 Å². The van der Waals surface area contributed by atoms with Gasteiger partial charge in [0.05, 0.1) is 12.1 Å². The number of carbonyl (C=O) groups excluding carboxylic acids is 3. The van der Waals surface area contributed by atoms with Gasteiger partial charge in [0.2, 0.25) is 5.91 Å². The minimum absolute atomic E-state index is 0.00808. The number of fused-ring (bicyclic) bond motifs is 1. The van der Waals surface area contributed by atoms with Gasteiger partial charge in [0.25, 0.3) is 0 Å². The second-order valence-electron chi connectivity index (χ2n) is 6.67. The summed E-state index contributed by atoms with van der Waals surface area (Å²) in [5, 5.41) is 1.95. The van der Waals surface area contributed by atoms with E-state index in [0.29, 0.717) is 39.3 Å². The highest BCUT2D eigenvalue weighted by molar-refractivity contribution is 7.15. The van der Waals surface area contributed by atoms with E-state index < -0.39 is 11.8 Å². The molecule has 0 N–H and O–H groups in total. The molecule has 0 saturated carbocycles. The number of nitrogens with zero attached hydrogens (tertiary/aromatic N) is 5. The van der Waals surface area contributed by atoms with Gasteiger partial charge in [0, 0.05) is 57.0 Å². The van der Waals surface area contributed by atoms with Gasteiger partial charge in [-0.1, -0.05) is 0 Å². The van der Waals surface area contributed by atoms with E-state index in [9.17, 15) is 14.4 Å². The molecule has 2 aromatic rings. The van der Waals surface area contributed by atoms with Crippen LogP contribution in [0, 0.1) is 0 Å². The van der Waals surface area contributed by atoms with Crippen molar-refractivity contribution in [3.63, 3.8) is 0 Å². The van der Waals surface area contributed by atoms with E-state index in [1.54, 1.807) is 14.7 Å². The zero-order valence-corrected chi connectivity index (χ0v) is 15.3. The van der Waals surface area contributed by atoms with E-state index in [1.807, 2.05) is 22.2 Å². The third-order valence-electron chi connectivity index (χ3n) is 4.97. The van der Waals surface area contributed by atoms with Crippen LogP contribution in [0.15, 0.2) is 17.8 Å². The molecular formula is C17H21N5O3S. The third kappa shape index (κ3) is 3.31. The molecule has 8 nitrogen and oxygen atoms in total. The van der Waals surface area contributed by atoms with E-state index in [2.05, 4.69) is 4.98 Å². The Bertz CT molecular complexity index is 802. The molecule has 0 aliphatic carbocycles. The summed E-state index contributed by atoms with van der Waals surface area (Å²) in [5.74, 6) is -0.831. The van der Waals surface area contributed by atoms with E-state index >= 15 is 0 Å². The normalized spacial score (nSPS) is 17.9. The first-order chi connectivity index (χ1) is 12.6. The van der Waals surface area contributed by atoms with E-state index in [-0.39, 0.29) is 12.3 Å². The Morgan fingerprint density at radius 2 is 1.54 bits per heavy atom. The van der Waals surface area contributed by atoms with Crippen molar-refractivity contribution < 1.29 is 14.4 Å². The number of amides is 3. The van der Waals surface area contributed by atoms with Crippen LogP contribution in [0.3, 0.4) is 0 Å². The van der Waals surface area contributed by atoms with Gasteiger partial charge in [-0.2, -0.15) is 0 Å². The average molecular weight is 375 g/mol. The molecule has 0 bridgehead atoms. The minimum Gasteiger partial charge on any atom is -0.339 e. The van der Waals surface area contributed by atoms with Gasteiger partial charge in [-0.15, -0.1) is 11.3 Å².